The predicted molar refractivity (Wildman–Crippen MR) is 214 cm³/mol. The standard InChI is InChI=1S/C42H45N11O5/c54-38-13-11-36(41(56)45-38)53-42(57)33-24-28(3-10-35(33)46-48-53)4-14-39(55)51-17-15-29(16-18-51)26-49-19-21-50(22-20-49)31-7-5-30(6-8-31)34-25-43-37(52-27-44-47-40(34)52)12-9-32-2-1-23-58-32/h1-3,5-8,10,23-25,27,29,36H,4,9,11-22,26H2,(H,45,54,56). The number of rotatable bonds is 11. The highest BCUT2D eigenvalue weighted by molar-refractivity contribution is 5.99. The van der Waals surface area contributed by atoms with E-state index in [-0.39, 0.29) is 24.7 Å². The number of aromatic nitrogens is 7. The van der Waals surface area contributed by atoms with E-state index in [1.807, 2.05) is 33.7 Å². The van der Waals surface area contributed by atoms with Crippen LogP contribution in [-0.4, -0.2) is 108 Å². The smallest absolute Gasteiger partial charge is 0.278 e. The van der Waals surface area contributed by atoms with E-state index in [0.717, 1.165) is 110 Å². The number of piperidine rings is 2. The monoisotopic (exact) mass is 783 g/mol. The van der Waals surface area contributed by atoms with Crippen molar-refractivity contribution in [2.45, 2.75) is 57.4 Å². The van der Waals surface area contributed by atoms with Crippen LogP contribution in [-0.2, 0) is 33.6 Å². The Bertz CT molecular complexity index is 2500. The molecule has 58 heavy (non-hydrogen) atoms. The minimum Gasteiger partial charge on any atom is -0.469 e. The number of amides is 3. The lowest BCUT2D eigenvalue weighted by Gasteiger charge is -2.39. The molecule has 0 radical (unpaired) electrons. The zero-order chi connectivity index (χ0) is 39.6. The van der Waals surface area contributed by atoms with Gasteiger partial charge in [-0.15, -0.1) is 15.3 Å². The molecule has 3 saturated heterocycles. The number of hydrogen-bond acceptors (Lipinski definition) is 12. The number of nitrogens with zero attached hydrogens (tertiary/aromatic N) is 10. The molecular formula is C42H45N11O5. The highest BCUT2D eigenvalue weighted by atomic mass is 16.3. The number of likely N-dealkylation sites (tertiary alicyclic amines) is 1. The quantitative estimate of drug-likeness (QED) is 0.190. The Kier molecular flexibility index (Phi) is 10.5. The number of nitrogens with one attached hydrogen (secondary N) is 1. The van der Waals surface area contributed by atoms with E-state index < -0.39 is 17.5 Å². The summed E-state index contributed by atoms with van der Waals surface area (Å²) >= 11 is 0. The summed E-state index contributed by atoms with van der Waals surface area (Å²) in [5.74, 6) is 1.58. The second kappa shape index (κ2) is 16.3. The summed E-state index contributed by atoms with van der Waals surface area (Å²) in [5.41, 5.74) is 4.83. The molecule has 0 spiro atoms. The van der Waals surface area contributed by atoms with Gasteiger partial charge in [0.2, 0.25) is 11.8 Å². The van der Waals surface area contributed by atoms with Crippen molar-refractivity contribution >= 4 is 40.0 Å². The first kappa shape index (κ1) is 37.3. The van der Waals surface area contributed by atoms with Gasteiger partial charge in [-0.2, -0.15) is 4.68 Å². The molecule has 3 aliphatic heterocycles. The van der Waals surface area contributed by atoms with Crippen molar-refractivity contribution < 1.29 is 18.8 Å². The highest BCUT2D eigenvalue weighted by Crippen LogP contribution is 2.28. The van der Waals surface area contributed by atoms with Crippen molar-refractivity contribution in [1.29, 1.82) is 0 Å². The maximum atomic E-state index is 13.3. The van der Waals surface area contributed by atoms with Crippen molar-refractivity contribution in [3.05, 3.63) is 101 Å². The van der Waals surface area contributed by atoms with Crippen LogP contribution in [0.3, 0.4) is 0 Å². The van der Waals surface area contributed by atoms with Crippen molar-refractivity contribution in [2.24, 2.45) is 5.92 Å². The van der Waals surface area contributed by atoms with E-state index in [0.29, 0.717) is 29.7 Å². The van der Waals surface area contributed by atoms with Crippen molar-refractivity contribution in [1.82, 2.24) is 49.7 Å². The third-order valence-electron chi connectivity index (χ3n) is 11.9. The average Bonchev–Trinajstić information content (AvgIpc) is 3.97. The Balaban J connectivity index is 0.728. The Morgan fingerprint density at radius 2 is 1.71 bits per heavy atom. The number of piperazine rings is 1. The van der Waals surface area contributed by atoms with Gasteiger partial charge in [-0.25, -0.2) is 4.98 Å². The summed E-state index contributed by atoms with van der Waals surface area (Å²) in [4.78, 5) is 62.2. The number of anilines is 1. The van der Waals surface area contributed by atoms with E-state index in [1.54, 1.807) is 24.7 Å². The molecule has 16 nitrogen and oxygen atoms in total. The lowest BCUT2D eigenvalue weighted by Crippen LogP contribution is -2.49. The summed E-state index contributed by atoms with van der Waals surface area (Å²) < 4.78 is 8.52. The average molecular weight is 784 g/mol. The summed E-state index contributed by atoms with van der Waals surface area (Å²) in [5, 5.41) is 19.3. The molecule has 7 heterocycles. The van der Waals surface area contributed by atoms with E-state index in [9.17, 15) is 19.2 Å². The molecule has 3 amide bonds. The fraction of sp³-hybridized carbons (Fsp3) is 0.405. The first-order valence-corrected chi connectivity index (χ1v) is 20.1. The summed E-state index contributed by atoms with van der Waals surface area (Å²) in [6.45, 7) is 6.48. The van der Waals surface area contributed by atoms with Crippen LogP contribution in [0.1, 0.15) is 55.3 Å². The van der Waals surface area contributed by atoms with E-state index >= 15 is 0 Å². The van der Waals surface area contributed by atoms with Crippen molar-refractivity contribution in [2.75, 3.05) is 50.7 Å². The molecule has 16 heteroatoms. The number of carbonyl (C=O) groups excluding carboxylic acids is 3. The number of benzene rings is 2. The number of fused-ring (bicyclic) bond motifs is 2. The third kappa shape index (κ3) is 7.83. The first-order valence-electron chi connectivity index (χ1n) is 20.1. The topological polar surface area (TPSA) is 177 Å². The molecule has 2 aromatic carbocycles. The van der Waals surface area contributed by atoms with Crippen LogP contribution >= 0.6 is 0 Å². The van der Waals surface area contributed by atoms with Gasteiger partial charge in [0.1, 0.15) is 29.5 Å². The molecular weight excluding hydrogens is 739 g/mol. The molecule has 6 aromatic rings. The van der Waals surface area contributed by atoms with Crippen molar-refractivity contribution in [3.8, 4) is 11.1 Å². The van der Waals surface area contributed by atoms with Crippen LogP contribution in [0.5, 0.6) is 0 Å². The largest absolute Gasteiger partial charge is 0.469 e. The SMILES string of the molecule is O=C1CCC(n2nnc3ccc(CCC(=O)N4CCC(CN5CCN(c6ccc(-c7cnc(CCc8ccco8)n8cnnc78)cc6)CC5)CC4)cc3c2=O)C(=O)N1. The highest BCUT2D eigenvalue weighted by Gasteiger charge is 2.31. The molecule has 0 bridgehead atoms. The molecule has 3 aliphatic rings. The predicted octanol–water partition coefficient (Wildman–Crippen LogP) is 3.25. The lowest BCUT2D eigenvalue weighted by molar-refractivity contribution is -0.136. The Hall–Kier alpha value is -6.29. The van der Waals surface area contributed by atoms with Gasteiger partial charge >= 0.3 is 0 Å². The van der Waals surface area contributed by atoms with E-state index in [1.165, 1.54) is 5.69 Å². The number of hydrogen-bond donors (Lipinski definition) is 1. The molecule has 1 atom stereocenters. The number of carbonyl (C=O) groups is 3. The number of aryl methyl sites for hydroxylation is 3. The molecule has 0 saturated carbocycles. The fourth-order valence-corrected chi connectivity index (χ4v) is 8.50. The normalized spacial score (nSPS) is 18.3. The minimum atomic E-state index is -0.879. The molecule has 1 unspecified atom stereocenters. The van der Waals surface area contributed by atoms with Gasteiger partial charge in [0.25, 0.3) is 11.5 Å². The lowest BCUT2D eigenvalue weighted by atomic mass is 9.95. The number of imide groups is 1. The van der Waals surface area contributed by atoms with Gasteiger partial charge in [0, 0.05) is 88.9 Å². The van der Waals surface area contributed by atoms with Crippen molar-refractivity contribution in [3.63, 3.8) is 0 Å². The van der Waals surface area contributed by atoms with Crippen LogP contribution in [0.4, 0.5) is 5.69 Å². The van der Waals surface area contributed by atoms with Crippen LogP contribution < -0.4 is 15.8 Å². The first-order chi connectivity index (χ1) is 28.4. The molecule has 4 aromatic heterocycles. The van der Waals surface area contributed by atoms with Crippen LogP contribution in [0.15, 0.2) is 82.6 Å². The van der Waals surface area contributed by atoms with E-state index in [4.69, 9.17) is 9.40 Å². The fourth-order valence-electron chi connectivity index (χ4n) is 8.50. The summed E-state index contributed by atoms with van der Waals surface area (Å²) in [6.07, 6.45) is 9.94. The Labute approximate surface area is 333 Å². The minimum absolute atomic E-state index is 0.118. The van der Waals surface area contributed by atoms with Crippen LogP contribution in [0.2, 0.25) is 0 Å². The molecule has 0 aliphatic carbocycles. The van der Waals surface area contributed by atoms with Gasteiger partial charge in [-0.3, -0.25) is 33.8 Å². The Morgan fingerprint density at radius 3 is 2.48 bits per heavy atom. The maximum Gasteiger partial charge on any atom is 0.278 e. The third-order valence-corrected chi connectivity index (χ3v) is 11.9. The van der Waals surface area contributed by atoms with Gasteiger partial charge in [-0.1, -0.05) is 23.4 Å². The Morgan fingerprint density at radius 1 is 0.879 bits per heavy atom. The molecule has 9 rings (SSSR count). The van der Waals surface area contributed by atoms with Gasteiger partial charge in [0.15, 0.2) is 5.65 Å². The molecule has 1 N–H and O–H groups in total. The second-order valence-electron chi connectivity index (χ2n) is 15.5. The van der Waals surface area contributed by atoms with Gasteiger partial charge in [0.05, 0.1) is 11.6 Å². The zero-order valence-electron chi connectivity index (χ0n) is 32.2. The summed E-state index contributed by atoms with van der Waals surface area (Å²) in [6, 6.07) is 17.0. The van der Waals surface area contributed by atoms with Crippen LogP contribution in [0.25, 0.3) is 27.7 Å². The van der Waals surface area contributed by atoms with Gasteiger partial charge in [-0.05, 0) is 79.1 Å². The summed E-state index contributed by atoms with van der Waals surface area (Å²) in [7, 11) is 0. The molecule has 3 fully saturated rings. The maximum absolute atomic E-state index is 13.3. The van der Waals surface area contributed by atoms with Gasteiger partial charge < -0.3 is 14.2 Å². The van der Waals surface area contributed by atoms with Crippen LogP contribution in [0, 0.1) is 5.92 Å². The number of furan rings is 1. The molecule has 298 valence electrons. The second-order valence-corrected chi connectivity index (χ2v) is 15.5. The zero-order valence-corrected chi connectivity index (χ0v) is 32.2. The van der Waals surface area contributed by atoms with E-state index in [2.05, 4.69) is 59.9 Å².